The van der Waals surface area contributed by atoms with Crippen LogP contribution in [0.4, 0.5) is 11.4 Å². The molecule has 0 fully saturated rings. The summed E-state index contributed by atoms with van der Waals surface area (Å²) in [4.78, 5) is 39.1. The van der Waals surface area contributed by atoms with Gasteiger partial charge in [0.1, 0.15) is 5.03 Å². The van der Waals surface area contributed by atoms with Crippen LogP contribution in [0.1, 0.15) is 17.3 Å². The van der Waals surface area contributed by atoms with E-state index in [1.54, 1.807) is 48.9 Å². The van der Waals surface area contributed by atoms with Crippen LogP contribution < -0.4 is 10.6 Å². The largest absolute Gasteiger partial charge is 0.452 e. The number of hydrogen-bond acceptors (Lipinski definition) is 6. The van der Waals surface area contributed by atoms with Gasteiger partial charge in [-0.3, -0.25) is 9.59 Å². The lowest BCUT2D eigenvalue weighted by Gasteiger charge is -2.09. The number of carbonyl (C=O) groups is 3. The van der Waals surface area contributed by atoms with Crippen LogP contribution in [0.15, 0.2) is 47.6 Å². The number of thioether (sulfide) groups is 1. The van der Waals surface area contributed by atoms with Gasteiger partial charge in [-0.1, -0.05) is 6.07 Å². The van der Waals surface area contributed by atoms with Crippen molar-refractivity contribution in [3.63, 3.8) is 0 Å². The zero-order valence-corrected chi connectivity index (χ0v) is 14.6. The normalized spacial score (nSPS) is 10.0. The Labute approximate surface area is 149 Å². The Morgan fingerprint density at radius 1 is 1.12 bits per heavy atom. The minimum atomic E-state index is -0.611. The molecule has 1 aromatic heterocycles. The summed E-state index contributed by atoms with van der Waals surface area (Å²) in [5, 5.41) is 5.76. The van der Waals surface area contributed by atoms with Crippen molar-refractivity contribution < 1.29 is 19.1 Å². The molecule has 0 spiro atoms. The van der Waals surface area contributed by atoms with Gasteiger partial charge in [0.05, 0.1) is 5.56 Å². The number of rotatable bonds is 6. The molecular weight excluding hydrogens is 342 g/mol. The average molecular weight is 359 g/mol. The van der Waals surface area contributed by atoms with Crippen molar-refractivity contribution in [2.45, 2.75) is 11.9 Å². The fourth-order valence-electron chi connectivity index (χ4n) is 1.99. The van der Waals surface area contributed by atoms with E-state index in [1.165, 1.54) is 18.7 Å². The number of esters is 1. The van der Waals surface area contributed by atoms with Gasteiger partial charge in [-0.15, -0.1) is 11.8 Å². The minimum Gasteiger partial charge on any atom is -0.452 e. The molecule has 0 saturated heterocycles. The summed E-state index contributed by atoms with van der Waals surface area (Å²) in [6, 6.07) is 9.88. The second kappa shape index (κ2) is 8.84. The highest BCUT2D eigenvalue weighted by Crippen LogP contribution is 2.18. The standard InChI is InChI=1S/C17H17N3O4S/c1-11(21)19-12-5-3-6-13(9-12)20-15(22)10-24-17(23)14-7-4-8-18-16(14)25-2/h3-9H,10H2,1-2H3,(H,19,21)(H,20,22). The van der Waals surface area contributed by atoms with Crippen LogP contribution >= 0.6 is 11.8 Å². The lowest BCUT2D eigenvalue weighted by molar-refractivity contribution is -0.119. The minimum absolute atomic E-state index is 0.210. The summed E-state index contributed by atoms with van der Waals surface area (Å²) >= 11 is 1.32. The van der Waals surface area contributed by atoms with Crippen LogP contribution in [0.5, 0.6) is 0 Å². The highest BCUT2D eigenvalue weighted by Gasteiger charge is 2.15. The number of ether oxygens (including phenoxy) is 1. The van der Waals surface area contributed by atoms with Crippen molar-refractivity contribution >= 4 is 40.9 Å². The molecule has 130 valence electrons. The third kappa shape index (κ3) is 5.61. The molecule has 0 saturated carbocycles. The second-order valence-electron chi connectivity index (χ2n) is 4.95. The number of pyridine rings is 1. The van der Waals surface area contributed by atoms with Gasteiger partial charge in [0.25, 0.3) is 5.91 Å². The molecule has 2 aromatic rings. The first-order valence-electron chi connectivity index (χ1n) is 7.33. The van der Waals surface area contributed by atoms with Gasteiger partial charge in [0.2, 0.25) is 5.91 Å². The zero-order chi connectivity index (χ0) is 18.2. The van der Waals surface area contributed by atoms with Gasteiger partial charge >= 0.3 is 5.97 Å². The quantitative estimate of drug-likeness (QED) is 0.608. The number of aromatic nitrogens is 1. The molecule has 8 heteroatoms. The number of benzene rings is 1. The molecule has 1 heterocycles. The smallest absolute Gasteiger partial charge is 0.341 e. The molecule has 2 N–H and O–H groups in total. The Balaban J connectivity index is 1.92. The summed E-state index contributed by atoms with van der Waals surface area (Å²) < 4.78 is 5.03. The fourth-order valence-corrected chi connectivity index (χ4v) is 2.53. The molecule has 0 atom stereocenters. The van der Waals surface area contributed by atoms with E-state index in [0.717, 1.165) is 0 Å². The van der Waals surface area contributed by atoms with Crippen LogP contribution in [0.25, 0.3) is 0 Å². The van der Waals surface area contributed by atoms with Gasteiger partial charge in [-0.2, -0.15) is 0 Å². The molecule has 25 heavy (non-hydrogen) atoms. The van der Waals surface area contributed by atoms with Crippen molar-refractivity contribution in [1.29, 1.82) is 0 Å². The van der Waals surface area contributed by atoms with Crippen molar-refractivity contribution in [2.24, 2.45) is 0 Å². The van der Waals surface area contributed by atoms with E-state index in [0.29, 0.717) is 22.0 Å². The van der Waals surface area contributed by atoms with Crippen molar-refractivity contribution in [1.82, 2.24) is 4.98 Å². The van der Waals surface area contributed by atoms with Crippen LogP contribution in [0, 0.1) is 0 Å². The third-order valence-electron chi connectivity index (χ3n) is 2.99. The van der Waals surface area contributed by atoms with Gasteiger partial charge in [-0.25, -0.2) is 9.78 Å². The average Bonchev–Trinajstić information content (AvgIpc) is 2.59. The molecule has 0 aliphatic rings. The van der Waals surface area contributed by atoms with Gasteiger partial charge in [0, 0.05) is 24.5 Å². The maximum absolute atomic E-state index is 12.1. The lowest BCUT2D eigenvalue weighted by Crippen LogP contribution is -2.21. The van der Waals surface area contributed by atoms with Gasteiger partial charge in [0.15, 0.2) is 6.61 Å². The predicted molar refractivity (Wildman–Crippen MR) is 95.7 cm³/mol. The Morgan fingerprint density at radius 2 is 1.84 bits per heavy atom. The van der Waals surface area contributed by atoms with E-state index in [2.05, 4.69) is 15.6 Å². The lowest BCUT2D eigenvalue weighted by atomic mass is 10.2. The molecule has 0 aliphatic heterocycles. The summed E-state index contributed by atoms with van der Waals surface area (Å²) in [5.74, 6) is -1.30. The number of nitrogens with zero attached hydrogens (tertiary/aromatic N) is 1. The molecule has 2 amide bonds. The Hall–Kier alpha value is -2.87. The van der Waals surface area contributed by atoms with E-state index in [4.69, 9.17) is 4.74 Å². The van der Waals surface area contributed by atoms with E-state index in [9.17, 15) is 14.4 Å². The van der Waals surface area contributed by atoms with Crippen LogP contribution in [0.2, 0.25) is 0 Å². The molecule has 1 aromatic carbocycles. The van der Waals surface area contributed by atoms with Crippen LogP contribution in [-0.4, -0.2) is 35.6 Å². The highest BCUT2D eigenvalue weighted by atomic mass is 32.2. The van der Waals surface area contributed by atoms with Crippen LogP contribution in [-0.2, 0) is 14.3 Å². The summed E-state index contributed by atoms with van der Waals surface area (Å²) in [7, 11) is 0. The predicted octanol–water partition coefficient (Wildman–Crippen LogP) is 2.56. The number of hydrogen-bond donors (Lipinski definition) is 2. The summed E-state index contributed by atoms with van der Waals surface area (Å²) in [6.45, 7) is 0.970. The van der Waals surface area contributed by atoms with Crippen molar-refractivity contribution in [2.75, 3.05) is 23.5 Å². The van der Waals surface area contributed by atoms with Crippen LogP contribution in [0.3, 0.4) is 0 Å². The molecular formula is C17H17N3O4S. The topological polar surface area (TPSA) is 97.4 Å². The second-order valence-corrected chi connectivity index (χ2v) is 5.74. The Morgan fingerprint density at radius 3 is 2.52 bits per heavy atom. The Kier molecular flexibility index (Phi) is 6.53. The molecule has 0 unspecified atom stereocenters. The van der Waals surface area contributed by atoms with Gasteiger partial charge in [-0.05, 0) is 36.6 Å². The van der Waals surface area contributed by atoms with Crippen molar-refractivity contribution in [3.05, 3.63) is 48.2 Å². The third-order valence-corrected chi connectivity index (χ3v) is 3.70. The number of carbonyl (C=O) groups excluding carboxylic acids is 3. The SMILES string of the molecule is CSc1ncccc1C(=O)OCC(=O)Nc1cccc(NC(C)=O)c1. The van der Waals surface area contributed by atoms with E-state index >= 15 is 0 Å². The van der Waals surface area contributed by atoms with E-state index < -0.39 is 18.5 Å². The molecule has 2 rings (SSSR count). The highest BCUT2D eigenvalue weighted by molar-refractivity contribution is 7.98. The first kappa shape index (κ1) is 18.5. The first-order valence-corrected chi connectivity index (χ1v) is 8.55. The maximum atomic E-state index is 12.1. The molecule has 0 bridgehead atoms. The van der Waals surface area contributed by atoms with Crippen molar-refractivity contribution in [3.8, 4) is 0 Å². The summed E-state index contributed by atoms with van der Waals surface area (Å²) in [6.07, 6.45) is 3.38. The number of nitrogens with one attached hydrogen (secondary N) is 2. The number of amides is 2. The molecule has 0 radical (unpaired) electrons. The monoisotopic (exact) mass is 359 g/mol. The molecule has 7 nitrogen and oxygen atoms in total. The van der Waals surface area contributed by atoms with E-state index in [1.807, 2.05) is 0 Å². The number of anilines is 2. The fraction of sp³-hybridized carbons (Fsp3) is 0.176. The summed E-state index contributed by atoms with van der Waals surface area (Å²) in [5.41, 5.74) is 1.36. The maximum Gasteiger partial charge on any atom is 0.341 e. The van der Waals surface area contributed by atoms with E-state index in [-0.39, 0.29) is 5.91 Å². The van der Waals surface area contributed by atoms with Gasteiger partial charge < -0.3 is 15.4 Å². The first-order chi connectivity index (χ1) is 12.0. The zero-order valence-electron chi connectivity index (χ0n) is 13.7. The molecule has 0 aliphatic carbocycles. The Bertz CT molecular complexity index is 795.